The lowest BCUT2D eigenvalue weighted by Gasteiger charge is -2.20. The molecule has 3 N–H and O–H groups in total. The second-order valence-corrected chi connectivity index (χ2v) is 5.97. The Morgan fingerprint density at radius 2 is 2.37 bits per heavy atom. The van der Waals surface area contributed by atoms with Gasteiger partial charge in [0.05, 0.1) is 24.2 Å². The Kier molecular flexibility index (Phi) is 3.54. The average molecular weight is 283 g/mol. The third-order valence-corrected chi connectivity index (χ3v) is 4.79. The van der Waals surface area contributed by atoms with Crippen molar-refractivity contribution < 1.29 is 10.2 Å². The van der Waals surface area contributed by atoms with Crippen LogP contribution in [0.1, 0.15) is 17.4 Å². The number of rotatable bonds is 2. The maximum absolute atomic E-state index is 11.7. The molecule has 0 aliphatic carbocycles. The zero-order chi connectivity index (χ0) is 14.2. The van der Waals surface area contributed by atoms with Crippen LogP contribution in [0.3, 0.4) is 0 Å². The topological polar surface area (TPSA) is 119 Å². The van der Waals surface area contributed by atoms with Gasteiger partial charge in [-0.15, -0.1) is 11.8 Å². The molecule has 1 aromatic rings. The fourth-order valence-corrected chi connectivity index (χ4v) is 3.41. The van der Waals surface area contributed by atoms with E-state index in [0.29, 0.717) is 5.56 Å². The summed E-state index contributed by atoms with van der Waals surface area (Å²) in [6.45, 7) is 1.07. The molecule has 2 heterocycles. The molecule has 1 aliphatic rings. The number of nitrogens with one attached hydrogen (secondary N) is 1. The summed E-state index contributed by atoms with van der Waals surface area (Å²) in [6, 6.07) is 1.90. The van der Waals surface area contributed by atoms with E-state index in [1.807, 2.05) is 6.07 Å². The third kappa shape index (κ3) is 2.20. The van der Waals surface area contributed by atoms with Crippen LogP contribution in [0.5, 0.6) is 0 Å². The van der Waals surface area contributed by atoms with E-state index in [2.05, 4.69) is 4.98 Å². The Morgan fingerprint density at radius 3 is 2.89 bits per heavy atom. The summed E-state index contributed by atoms with van der Waals surface area (Å²) in [5.74, 6) is 0. The molecule has 1 fully saturated rings. The summed E-state index contributed by atoms with van der Waals surface area (Å²) in [4.78, 5) is 25.2. The molecule has 102 valence electrons. The first-order valence-electron chi connectivity index (χ1n) is 5.63. The second-order valence-electron chi connectivity index (χ2n) is 4.46. The minimum atomic E-state index is -1.33. The molecular formula is C11H13N3O4S. The molecule has 2 rings (SSSR count). The Labute approximate surface area is 112 Å². The quantitative estimate of drug-likeness (QED) is 0.647. The monoisotopic (exact) mass is 283 g/mol. The molecule has 0 saturated carbocycles. The van der Waals surface area contributed by atoms with E-state index in [0.717, 1.165) is 11.8 Å². The SMILES string of the molecule is Cc1cn([C@@H]2C[C@@H](O)[C@](C#N)(CO)S2)c(=O)[nH]c1=O. The molecule has 0 unspecified atom stereocenters. The minimum Gasteiger partial charge on any atom is -0.394 e. The van der Waals surface area contributed by atoms with Gasteiger partial charge in [-0.2, -0.15) is 5.26 Å². The highest BCUT2D eigenvalue weighted by Gasteiger charge is 2.48. The molecule has 0 amide bonds. The van der Waals surface area contributed by atoms with Gasteiger partial charge in [0.2, 0.25) is 0 Å². The van der Waals surface area contributed by atoms with Crippen molar-refractivity contribution in [2.75, 3.05) is 6.61 Å². The van der Waals surface area contributed by atoms with Gasteiger partial charge in [0.25, 0.3) is 5.56 Å². The molecule has 0 bridgehead atoms. The van der Waals surface area contributed by atoms with E-state index in [9.17, 15) is 19.8 Å². The van der Waals surface area contributed by atoms with E-state index in [-0.39, 0.29) is 6.42 Å². The van der Waals surface area contributed by atoms with Crippen molar-refractivity contribution in [3.05, 3.63) is 32.6 Å². The predicted octanol–water partition coefficient (Wildman–Crippen LogP) is -0.904. The summed E-state index contributed by atoms with van der Waals surface area (Å²) in [6.07, 6.45) is 0.525. The third-order valence-electron chi connectivity index (χ3n) is 3.19. The Hall–Kier alpha value is -1.56. The number of hydrogen-bond acceptors (Lipinski definition) is 6. The highest BCUT2D eigenvalue weighted by molar-refractivity contribution is 8.01. The van der Waals surface area contributed by atoms with Gasteiger partial charge in [-0.05, 0) is 6.92 Å². The van der Waals surface area contributed by atoms with Crippen molar-refractivity contribution in [3.63, 3.8) is 0 Å². The van der Waals surface area contributed by atoms with Crippen LogP contribution in [0, 0.1) is 18.3 Å². The van der Waals surface area contributed by atoms with Crippen LogP contribution in [0.25, 0.3) is 0 Å². The predicted molar refractivity (Wildman–Crippen MR) is 68.7 cm³/mol. The number of aryl methyl sites for hydroxylation is 1. The van der Waals surface area contributed by atoms with Gasteiger partial charge in [0, 0.05) is 18.2 Å². The molecule has 7 nitrogen and oxygen atoms in total. The lowest BCUT2D eigenvalue weighted by molar-refractivity contribution is 0.113. The largest absolute Gasteiger partial charge is 0.394 e. The average Bonchev–Trinajstić information content (AvgIpc) is 2.71. The normalized spacial score (nSPS) is 30.2. The summed E-state index contributed by atoms with van der Waals surface area (Å²) in [7, 11) is 0. The Balaban J connectivity index is 2.42. The molecule has 0 spiro atoms. The van der Waals surface area contributed by atoms with Crippen LogP contribution in [0.2, 0.25) is 0 Å². The standard InChI is InChI=1S/C11H13N3O4S/c1-6-3-14(10(18)13-9(6)17)8-2-7(16)11(4-12,5-15)19-8/h3,7-8,15-16H,2,5H2,1H3,(H,13,17,18)/t7-,8+,11+/m1/s1. The van der Waals surface area contributed by atoms with Gasteiger partial charge in [0.15, 0.2) is 4.75 Å². The maximum atomic E-state index is 11.7. The molecule has 1 saturated heterocycles. The summed E-state index contributed by atoms with van der Waals surface area (Å²) in [5, 5.41) is 27.8. The van der Waals surface area contributed by atoms with Crippen LogP contribution in [0.15, 0.2) is 15.8 Å². The van der Waals surface area contributed by atoms with Gasteiger partial charge >= 0.3 is 5.69 Å². The molecule has 8 heteroatoms. The van der Waals surface area contributed by atoms with E-state index in [1.165, 1.54) is 10.8 Å². The number of aromatic amines is 1. The van der Waals surface area contributed by atoms with Crippen LogP contribution >= 0.6 is 11.8 Å². The number of nitriles is 1. The molecule has 1 aromatic heterocycles. The van der Waals surface area contributed by atoms with Crippen molar-refractivity contribution in [3.8, 4) is 6.07 Å². The molecule has 0 aromatic carbocycles. The van der Waals surface area contributed by atoms with Crippen molar-refractivity contribution >= 4 is 11.8 Å². The van der Waals surface area contributed by atoms with Crippen molar-refractivity contribution in [1.82, 2.24) is 9.55 Å². The maximum Gasteiger partial charge on any atom is 0.329 e. The number of thioether (sulfide) groups is 1. The van der Waals surface area contributed by atoms with Crippen molar-refractivity contribution in [1.29, 1.82) is 5.26 Å². The fraction of sp³-hybridized carbons (Fsp3) is 0.545. The number of H-pyrrole nitrogens is 1. The summed E-state index contributed by atoms with van der Waals surface area (Å²) in [5.41, 5.74) is -0.682. The highest BCUT2D eigenvalue weighted by Crippen LogP contribution is 2.48. The zero-order valence-corrected chi connectivity index (χ0v) is 11.0. The highest BCUT2D eigenvalue weighted by atomic mass is 32.2. The van der Waals surface area contributed by atoms with Crippen LogP contribution in [-0.4, -0.2) is 37.2 Å². The first-order valence-corrected chi connectivity index (χ1v) is 6.51. The summed E-state index contributed by atoms with van der Waals surface area (Å²) >= 11 is 1.03. The van der Waals surface area contributed by atoms with E-state index >= 15 is 0 Å². The van der Waals surface area contributed by atoms with Crippen LogP contribution in [-0.2, 0) is 0 Å². The van der Waals surface area contributed by atoms with Crippen LogP contribution in [0.4, 0.5) is 0 Å². The molecular weight excluding hydrogens is 270 g/mol. The molecule has 1 aliphatic heterocycles. The Morgan fingerprint density at radius 1 is 1.68 bits per heavy atom. The first kappa shape index (κ1) is 13.9. The van der Waals surface area contributed by atoms with Gasteiger partial charge in [-0.25, -0.2) is 4.79 Å². The number of aromatic nitrogens is 2. The van der Waals surface area contributed by atoms with Crippen molar-refractivity contribution in [2.24, 2.45) is 0 Å². The van der Waals surface area contributed by atoms with Gasteiger partial charge in [-0.3, -0.25) is 14.3 Å². The number of aliphatic hydroxyl groups excluding tert-OH is 2. The fourth-order valence-electron chi connectivity index (χ4n) is 2.00. The van der Waals surface area contributed by atoms with Crippen molar-refractivity contribution in [2.45, 2.75) is 29.6 Å². The minimum absolute atomic E-state index is 0.157. The van der Waals surface area contributed by atoms with E-state index in [4.69, 9.17) is 5.26 Å². The smallest absolute Gasteiger partial charge is 0.329 e. The number of nitrogens with zero attached hydrogens (tertiary/aromatic N) is 2. The summed E-state index contributed by atoms with van der Waals surface area (Å²) < 4.78 is -0.0481. The molecule has 3 atom stereocenters. The Bertz CT molecular complexity index is 647. The number of aliphatic hydroxyl groups is 2. The molecule has 0 radical (unpaired) electrons. The first-order chi connectivity index (χ1) is 8.93. The van der Waals surface area contributed by atoms with Gasteiger partial charge < -0.3 is 10.2 Å². The van der Waals surface area contributed by atoms with E-state index < -0.39 is 34.1 Å². The van der Waals surface area contributed by atoms with E-state index in [1.54, 1.807) is 6.92 Å². The van der Waals surface area contributed by atoms with Gasteiger partial charge in [0.1, 0.15) is 0 Å². The second kappa shape index (κ2) is 4.85. The lowest BCUT2D eigenvalue weighted by atomic mass is 10.0. The number of hydrogen-bond donors (Lipinski definition) is 3. The van der Waals surface area contributed by atoms with Crippen LogP contribution < -0.4 is 11.2 Å². The lowest BCUT2D eigenvalue weighted by Crippen LogP contribution is -2.36. The molecule has 19 heavy (non-hydrogen) atoms. The zero-order valence-electron chi connectivity index (χ0n) is 10.2. The van der Waals surface area contributed by atoms with Gasteiger partial charge in [-0.1, -0.05) is 0 Å².